The molecule has 1 aliphatic rings. The number of anilines is 1. The molecule has 0 saturated carbocycles. The van der Waals surface area contributed by atoms with Gasteiger partial charge in [-0.25, -0.2) is 0 Å². The highest BCUT2D eigenvalue weighted by Crippen LogP contribution is 2.34. The quantitative estimate of drug-likeness (QED) is 0.432. The molecule has 2 aromatic carbocycles. The number of aromatic nitrogens is 3. The van der Waals surface area contributed by atoms with Gasteiger partial charge in [0.05, 0.1) is 9.82 Å². The summed E-state index contributed by atoms with van der Waals surface area (Å²) < 4.78 is 1.68. The molecule has 0 aliphatic carbocycles. The van der Waals surface area contributed by atoms with Crippen molar-refractivity contribution in [3.63, 3.8) is 0 Å². The lowest BCUT2D eigenvalue weighted by molar-refractivity contribution is -0.387. The van der Waals surface area contributed by atoms with Crippen molar-refractivity contribution in [2.24, 2.45) is 7.05 Å². The zero-order chi connectivity index (χ0) is 22.8. The van der Waals surface area contributed by atoms with Crippen molar-refractivity contribution in [3.05, 3.63) is 69.5 Å². The van der Waals surface area contributed by atoms with Crippen LogP contribution in [0.2, 0.25) is 0 Å². The minimum atomic E-state index is -0.464. The third-order valence-corrected chi connectivity index (χ3v) is 6.87. The first-order chi connectivity index (χ1) is 15.3. The molecule has 0 radical (unpaired) electrons. The van der Waals surface area contributed by atoms with E-state index in [1.54, 1.807) is 28.6 Å². The normalized spacial score (nSPS) is 14.0. The Morgan fingerprint density at radius 3 is 2.53 bits per heavy atom. The number of nitro benzene ring substituents is 1. The van der Waals surface area contributed by atoms with Crippen LogP contribution in [0.3, 0.4) is 0 Å². The summed E-state index contributed by atoms with van der Waals surface area (Å²) >= 11 is 1.15. The summed E-state index contributed by atoms with van der Waals surface area (Å²) in [7, 11) is 1.77. The van der Waals surface area contributed by atoms with E-state index in [-0.39, 0.29) is 11.6 Å². The van der Waals surface area contributed by atoms with E-state index in [4.69, 9.17) is 0 Å². The second kappa shape index (κ2) is 8.99. The highest BCUT2D eigenvalue weighted by Gasteiger charge is 2.26. The molecule has 1 saturated heterocycles. The maximum atomic E-state index is 13.1. The summed E-state index contributed by atoms with van der Waals surface area (Å²) in [4.78, 5) is 28.7. The lowest BCUT2D eigenvalue weighted by atomic mass is 10.1. The van der Waals surface area contributed by atoms with Crippen molar-refractivity contribution in [1.82, 2.24) is 19.7 Å². The number of hydrogen-bond acceptors (Lipinski definition) is 7. The lowest BCUT2D eigenvalue weighted by Gasteiger charge is -2.37. The Bertz CT molecular complexity index is 1170. The van der Waals surface area contributed by atoms with Gasteiger partial charge in [-0.2, -0.15) is 0 Å². The summed E-state index contributed by atoms with van der Waals surface area (Å²) in [5.41, 5.74) is 3.89. The molecule has 0 atom stereocenters. The van der Waals surface area contributed by atoms with Gasteiger partial charge in [-0.3, -0.25) is 14.9 Å². The monoisotopic (exact) mass is 452 g/mol. The number of aryl methyl sites for hydroxylation is 2. The lowest BCUT2D eigenvalue weighted by Crippen LogP contribution is -2.49. The Morgan fingerprint density at radius 1 is 1.12 bits per heavy atom. The van der Waals surface area contributed by atoms with E-state index >= 15 is 0 Å². The molecule has 0 unspecified atom stereocenters. The molecule has 1 aromatic heterocycles. The zero-order valence-corrected chi connectivity index (χ0v) is 19.0. The van der Waals surface area contributed by atoms with Crippen molar-refractivity contribution >= 4 is 29.0 Å². The van der Waals surface area contributed by atoms with Crippen LogP contribution in [0, 0.1) is 24.0 Å². The summed E-state index contributed by atoms with van der Waals surface area (Å²) in [6.45, 7) is 6.78. The average Bonchev–Trinajstić information content (AvgIpc) is 3.20. The van der Waals surface area contributed by atoms with Crippen LogP contribution in [-0.2, 0) is 7.05 Å². The molecule has 32 heavy (non-hydrogen) atoms. The van der Waals surface area contributed by atoms with Crippen molar-refractivity contribution < 1.29 is 9.72 Å². The van der Waals surface area contributed by atoms with Crippen molar-refractivity contribution in [2.45, 2.75) is 23.9 Å². The van der Waals surface area contributed by atoms with E-state index in [1.165, 1.54) is 29.2 Å². The van der Waals surface area contributed by atoms with Crippen LogP contribution in [0.5, 0.6) is 0 Å². The first-order valence-corrected chi connectivity index (χ1v) is 11.1. The Labute approximate surface area is 190 Å². The second-order valence-electron chi connectivity index (χ2n) is 7.76. The van der Waals surface area contributed by atoms with E-state index in [2.05, 4.69) is 47.1 Å². The summed E-state index contributed by atoms with van der Waals surface area (Å²) in [5, 5.41) is 20.0. The van der Waals surface area contributed by atoms with Crippen molar-refractivity contribution in [3.8, 4) is 0 Å². The van der Waals surface area contributed by atoms with Gasteiger partial charge in [-0.05, 0) is 54.9 Å². The molecule has 2 heterocycles. The van der Waals surface area contributed by atoms with Crippen LogP contribution < -0.4 is 4.90 Å². The van der Waals surface area contributed by atoms with Crippen molar-refractivity contribution in [2.75, 3.05) is 31.1 Å². The molecule has 10 heteroatoms. The number of hydrogen-bond donors (Lipinski definition) is 0. The van der Waals surface area contributed by atoms with E-state index < -0.39 is 4.92 Å². The highest BCUT2D eigenvalue weighted by atomic mass is 32.2. The fourth-order valence-electron chi connectivity index (χ4n) is 3.75. The second-order valence-corrected chi connectivity index (χ2v) is 8.77. The van der Waals surface area contributed by atoms with Crippen LogP contribution >= 0.6 is 11.8 Å². The highest BCUT2D eigenvalue weighted by molar-refractivity contribution is 7.99. The molecule has 1 fully saturated rings. The number of piperazine rings is 1. The van der Waals surface area contributed by atoms with Gasteiger partial charge in [-0.15, -0.1) is 10.2 Å². The maximum absolute atomic E-state index is 13.1. The van der Waals surface area contributed by atoms with Gasteiger partial charge in [0.1, 0.15) is 6.33 Å². The van der Waals surface area contributed by atoms with E-state index in [9.17, 15) is 14.9 Å². The maximum Gasteiger partial charge on any atom is 0.284 e. The molecule has 9 nitrogen and oxygen atoms in total. The zero-order valence-electron chi connectivity index (χ0n) is 18.2. The predicted octanol–water partition coefficient (Wildman–Crippen LogP) is 3.45. The molecular formula is C22H24N6O3S. The van der Waals surface area contributed by atoms with Gasteiger partial charge >= 0.3 is 0 Å². The molecule has 166 valence electrons. The van der Waals surface area contributed by atoms with Crippen LogP contribution in [0.1, 0.15) is 21.5 Å². The molecule has 0 N–H and O–H groups in total. The SMILES string of the molecule is Cc1cccc(N2CCN(C(=O)c3ccc(Sc4nncn4C)c([N+](=O)[O-])c3)CC2)c1C. The minimum absolute atomic E-state index is 0.113. The Hall–Kier alpha value is -3.40. The smallest absolute Gasteiger partial charge is 0.284 e. The molecule has 1 aliphatic heterocycles. The molecular weight excluding hydrogens is 428 g/mol. The van der Waals surface area contributed by atoms with Gasteiger partial charge in [0.25, 0.3) is 11.6 Å². The fraction of sp³-hybridized carbons (Fsp3) is 0.318. The fourth-order valence-corrected chi connectivity index (χ4v) is 4.60. The summed E-state index contributed by atoms with van der Waals surface area (Å²) in [6, 6.07) is 10.9. The molecule has 0 bridgehead atoms. The number of amides is 1. The summed E-state index contributed by atoms with van der Waals surface area (Å²) in [6.07, 6.45) is 1.53. The third kappa shape index (κ3) is 4.31. The summed E-state index contributed by atoms with van der Waals surface area (Å²) in [5.74, 6) is -0.191. The van der Waals surface area contributed by atoms with Gasteiger partial charge in [0, 0.05) is 50.5 Å². The molecule has 4 rings (SSSR count). The Kier molecular flexibility index (Phi) is 6.13. The molecule has 0 spiro atoms. The van der Waals surface area contributed by atoms with E-state index in [0.29, 0.717) is 28.7 Å². The van der Waals surface area contributed by atoms with Gasteiger partial charge in [0.2, 0.25) is 0 Å². The first-order valence-electron chi connectivity index (χ1n) is 10.3. The van der Waals surface area contributed by atoms with E-state index in [1.807, 2.05) is 0 Å². The molecule has 1 amide bonds. The number of nitrogens with zero attached hydrogens (tertiary/aromatic N) is 6. The van der Waals surface area contributed by atoms with Crippen LogP contribution in [0.15, 0.2) is 52.8 Å². The largest absolute Gasteiger partial charge is 0.368 e. The standard InChI is InChI=1S/C22H24N6O3S/c1-15-5-4-6-18(16(15)2)26-9-11-27(12-10-26)21(29)17-7-8-20(19(13-17)28(30)31)32-22-24-23-14-25(22)3/h4-8,13-14H,9-12H2,1-3H3. The Morgan fingerprint density at radius 2 is 1.88 bits per heavy atom. The third-order valence-electron chi connectivity index (χ3n) is 5.76. The minimum Gasteiger partial charge on any atom is -0.368 e. The van der Waals surface area contributed by atoms with Crippen LogP contribution in [0.25, 0.3) is 0 Å². The van der Waals surface area contributed by atoms with Crippen LogP contribution in [-0.4, -0.2) is 56.7 Å². The first kappa shape index (κ1) is 21.8. The van der Waals surface area contributed by atoms with Crippen LogP contribution in [0.4, 0.5) is 11.4 Å². The average molecular weight is 453 g/mol. The number of rotatable bonds is 5. The predicted molar refractivity (Wildman–Crippen MR) is 122 cm³/mol. The molecule has 3 aromatic rings. The topological polar surface area (TPSA) is 97.4 Å². The Balaban J connectivity index is 1.49. The number of carbonyl (C=O) groups is 1. The van der Waals surface area contributed by atoms with Crippen molar-refractivity contribution in [1.29, 1.82) is 0 Å². The van der Waals surface area contributed by atoms with Gasteiger partial charge in [-0.1, -0.05) is 12.1 Å². The number of benzene rings is 2. The number of carbonyl (C=O) groups excluding carboxylic acids is 1. The van der Waals surface area contributed by atoms with E-state index in [0.717, 1.165) is 24.9 Å². The number of nitro groups is 1. The van der Waals surface area contributed by atoms with Gasteiger partial charge in [0.15, 0.2) is 5.16 Å². The van der Waals surface area contributed by atoms with Gasteiger partial charge < -0.3 is 14.4 Å².